The topological polar surface area (TPSA) is 44.8 Å². The average molecular weight is 367 g/mol. The Hall–Kier alpha value is -2.53. The molecule has 2 aromatic carbocycles. The van der Waals surface area contributed by atoms with Gasteiger partial charge in [-0.05, 0) is 50.7 Å². The molecule has 1 aliphatic heterocycles. The summed E-state index contributed by atoms with van der Waals surface area (Å²) in [6.07, 6.45) is 0.296. The average Bonchev–Trinajstić information content (AvgIpc) is 2.64. The van der Waals surface area contributed by atoms with Gasteiger partial charge in [0.25, 0.3) is 0 Å². The fourth-order valence-corrected chi connectivity index (χ4v) is 3.46. The number of nitrogens with zero attached hydrogens (tertiary/aromatic N) is 2. The van der Waals surface area contributed by atoms with Crippen LogP contribution >= 0.6 is 0 Å². The zero-order chi connectivity index (χ0) is 19.4. The molecule has 1 heterocycles. The molecule has 0 bridgehead atoms. The normalized spacial score (nSPS) is 14.9. The molecule has 2 aromatic rings. The number of methoxy groups -OCH3 is 1. The van der Waals surface area contributed by atoms with E-state index >= 15 is 0 Å². The second-order valence-corrected chi connectivity index (χ2v) is 7.33. The molecule has 0 unspecified atom stereocenters. The predicted molar refractivity (Wildman–Crippen MR) is 111 cm³/mol. The lowest BCUT2D eigenvalue weighted by atomic mass is 10.1. The van der Waals surface area contributed by atoms with Crippen molar-refractivity contribution in [3.63, 3.8) is 0 Å². The number of benzene rings is 2. The van der Waals surface area contributed by atoms with E-state index in [9.17, 15) is 4.79 Å². The molecule has 1 aliphatic rings. The van der Waals surface area contributed by atoms with Crippen LogP contribution in [0.2, 0.25) is 0 Å². The van der Waals surface area contributed by atoms with Crippen LogP contribution in [0.25, 0.3) is 0 Å². The summed E-state index contributed by atoms with van der Waals surface area (Å²) >= 11 is 0. The van der Waals surface area contributed by atoms with Crippen LogP contribution in [0.4, 0.5) is 11.4 Å². The van der Waals surface area contributed by atoms with Crippen LogP contribution in [0, 0.1) is 13.8 Å². The molecule has 0 spiro atoms. The Morgan fingerprint density at radius 2 is 1.81 bits per heavy atom. The minimum absolute atomic E-state index is 0.0330. The summed E-state index contributed by atoms with van der Waals surface area (Å²) in [5, 5.41) is 3.05. The quantitative estimate of drug-likeness (QED) is 0.881. The largest absolute Gasteiger partial charge is 0.496 e. The van der Waals surface area contributed by atoms with Crippen LogP contribution in [0.3, 0.4) is 0 Å². The smallest absolute Gasteiger partial charge is 0.228 e. The maximum Gasteiger partial charge on any atom is 0.228 e. The van der Waals surface area contributed by atoms with Crippen LogP contribution in [0.15, 0.2) is 36.4 Å². The first-order valence-corrected chi connectivity index (χ1v) is 9.44. The molecule has 0 aromatic heterocycles. The van der Waals surface area contributed by atoms with E-state index in [1.54, 1.807) is 7.11 Å². The molecule has 3 rings (SSSR count). The number of piperazine rings is 1. The number of carbonyl (C=O) groups is 1. The molecule has 1 saturated heterocycles. The molecule has 1 N–H and O–H groups in total. The number of amides is 1. The van der Waals surface area contributed by atoms with Gasteiger partial charge in [-0.15, -0.1) is 0 Å². The monoisotopic (exact) mass is 367 g/mol. The van der Waals surface area contributed by atoms with Crippen molar-refractivity contribution in [1.82, 2.24) is 4.90 Å². The maximum atomic E-state index is 12.6. The minimum atomic E-state index is -0.0330. The summed E-state index contributed by atoms with van der Waals surface area (Å²) in [6.45, 7) is 8.29. The molecule has 0 atom stereocenters. The van der Waals surface area contributed by atoms with Gasteiger partial charge in [-0.25, -0.2) is 0 Å². The standard InChI is InChI=1S/C22H29N3O2/c1-16-5-8-21(27-4)18(13-16)15-22(26)23-20-7-6-19(14-17(20)2)25-11-9-24(3)10-12-25/h5-8,13-14H,9-12,15H2,1-4H3,(H,23,26). The number of nitrogens with one attached hydrogen (secondary N) is 1. The number of carbonyl (C=O) groups excluding carboxylic acids is 1. The van der Waals surface area contributed by atoms with Gasteiger partial charge < -0.3 is 19.9 Å². The Bertz CT molecular complexity index is 811. The van der Waals surface area contributed by atoms with Gasteiger partial charge in [0.05, 0.1) is 13.5 Å². The molecule has 1 amide bonds. The third kappa shape index (κ3) is 4.80. The molecule has 5 nitrogen and oxygen atoms in total. The van der Waals surface area contributed by atoms with Crippen LogP contribution in [0.5, 0.6) is 5.75 Å². The van der Waals surface area contributed by atoms with E-state index in [0.717, 1.165) is 54.3 Å². The molecule has 0 saturated carbocycles. The van der Waals surface area contributed by atoms with Crippen molar-refractivity contribution in [3.8, 4) is 5.75 Å². The summed E-state index contributed by atoms with van der Waals surface area (Å²) in [7, 11) is 3.79. The van der Waals surface area contributed by atoms with E-state index < -0.39 is 0 Å². The van der Waals surface area contributed by atoms with Crippen LogP contribution in [-0.2, 0) is 11.2 Å². The maximum absolute atomic E-state index is 12.6. The zero-order valence-electron chi connectivity index (χ0n) is 16.7. The van der Waals surface area contributed by atoms with Gasteiger partial charge in [0.15, 0.2) is 0 Å². The highest BCUT2D eigenvalue weighted by atomic mass is 16.5. The molecular weight excluding hydrogens is 338 g/mol. The van der Waals surface area contributed by atoms with E-state index in [-0.39, 0.29) is 5.91 Å². The summed E-state index contributed by atoms with van der Waals surface area (Å²) in [5.74, 6) is 0.715. The molecule has 0 aliphatic carbocycles. The fraction of sp³-hybridized carbons (Fsp3) is 0.409. The molecule has 144 valence electrons. The lowest BCUT2D eigenvalue weighted by molar-refractivity contribution is -0.115. The first-order valence-electron chi connectivity index (χ1n) is 9.44. The van der Waals surface area contributed by atoms with Crippen LogP contribution in [-0.4, -0.2) is 51.1 Å². The highest BCUT2D eigenvalue weighted by molar-refractivity contribution is 5.93. The fourth-order valence-electron chi connectivity index (χ4n) is 3.46. The highest BCUT2D eigenvalue weighted by Crippen LogP contribution is 2.25. The molecular formula is C22H29N3O2. The Kier molecular flexibility index (Phi) is 6.01. The van der Waals surface area contributed by atoms with Crippen molar-refractivity contribution in [3.05, 3.63) is 53.1 Å². The van der Waals surface area contributed by atoms with Gasteiger partial charge in [0.2, 0.25) is 5.91 Å². The lowest BCUT2D eigenvalue weighted by Gasteiger charge is -2.34. The molecule has 0 radical (unpaired) electrons. The van der Waals surface area contributed by atoms with Gasteiger partial charge in [-0.2, -0.15) is 0 Å². The number of hydrogen-bond donors (Lipinski definition) is 1. The summed E-state index contributed by atoms with van der Waals surface area (Å²) in [4.78, 5) is 17.3. The summed E-state index contributed by atoms with van der Waals surface area (Å²) < 4.78 is 5.38. The van der Waals surface area contributed by atoms with Gasteiger partial charge in [-0.3, -0.25) is 4.79 Å². The number of rotatable bonds is 5. The number of hydrogen-bond acceptors (Lipinski definition) is 4. The van der Waals surface area contributed by atoms with E-state index in [2.05, 4.69) is 34.3 Å². The second kappa shape index (κ2) is 8.44. The van der Waals surface area contributed by atoms with Gasteiger partial charge in [0, 0.05) is 43.1 Å². The van der Waals surface area contributed by atoms with Crippen molar-refractivity contribution in [2.75, 3.05) is 50.6 Å². The zero-order valence-corrected chi connectivity index (χ0v) is 16.7. The second-order valence-electron chi connectivity index (χ2n) is 7.33. The van der Waals surface area contributed by atoms with E-state index in [4.69, 9.17) is 4.74 Å². The molecule has 5 heteroatoms. The third-order valence-electron chi connectivity index (χ3n) is 5.14. The van der Waals surface area contributed by atoms with Crippen molar-refractivity contribution < 1.29 is 9.53 Å². The number of ether oxygens (including phenoxy) is 1. The van der Waals surface area contributed by atoms with Crippen molar-refractivity contribution in [2.45, 2.75) is 20.3 Å². The predicted octanol–water partition coefficient (Wildman–Crippen LogP) is 3.25. The Morgan fingerprint density at radius 3 is 2.48 bits per heavy atom. The Balaban J connectivity index is 1.67. The van der Waals surface area contributed by atoms with Crippen molar-refractivity contribution in [1.29, 1.82) is 0 Å². The third-order valence-corrected chi connectivity index (χ3v) is 5.14. The summed E-state index contributed by atoms with van der Waals surface area (Å²) in [5.41, 5.74) is 5.19. The first-order chi connectivity index (χ1) is 13.0. The summed E-state index contributed by atoms with van der Waals surface area (Å²) in [6, 6.07) is 12.2. The van der Waals surface area contributed by atoms with Gasteiger partial charge in [0.1, 0.15) is 5.75 Å². The Morgan fingerprint density at radius 1 is 1.07 bits per heavy atom. The molecule has 27 heavy (non-hydrogen) atoms. The van der Waals surface area contributed by atoms with Crippen molar-refractivity contribution >= 4 is 17.3 Å². The first kappa shape index (κ1) is 19.2. The minimum Gasteiger partial charge on any atom is -0.496 e. The van der Waals surface area contributed by atoms with Crippen molar-refractivity contribution in [2.24, 2.45) is 0 Å². The van der Waals surface area contributed by atoms with Gasteiger partial charge in [-0.1, -0.05) is 17.7 Å². The number of anilines is 2. The van der Waals surface area contributed by atoms with Crippen LogP contribution < -0.4 is 15.0 Å². The lowest BCUT2D eigenvalue weighted by Crippen LogP contribution is -2.44. The van der Waals surface area contributed by atoms with E-state index in [1.165, 1.54) is 5.69 Å². The number of likely N-dealkylation sites (N-methyl/N-ethyl adjacent to an activating group) is 1. The SMILES string of the molecule is COc1ccc(C)cc1CC(=O)Nc1ccc(N2CCN(C)CC2)cc1C. The number of aryl methyl sites for hydroxylation is 2. The van der Waals surface area contributed by atoms with Crippen LogP contribution in [0.1, 0.15) is 16.7 Å². The van der Waals surface area contributed by atoms with E-state index in [1.807, 2.05) is 38.1 Å². The van der Waals surface area contributed by atoms with E-state index in [0.29, 0.717) is 6.42 Å². The molecule has 1 fully saturated rings. The van der Waals surface area contributed by atoms with Gasteiger partial charge >= 0.3 is 0 Å². The highest BCUT2D eigenvalue weighted by Gasteiger charge is 2.16. The Labute approximate surface area is 161 Å².